The summed E-state index contributed by atoms with van der Waals surface area (Å²) in [5.41, 5.74) is 5.28. The van der Waals surface area contributed by atoms with E-state index in [1.165, 1.54) is 0 Å². The fourth-order valence-corrected chi connectivity index (χ4v) is 1.62. The second kappa shape index (κ2) is 6.89. The van der Waals surface area contributed by atoms with Gasteiger partial charge in [0.15, 0.2) is 0 Å². The number of nitrogens with two attached hydrogens (primary N) is 1. The molecule has 0 saturated carbocycles. The first-order valence-electron chi connectivity index (χ1n) is 6.20. The van der Waals surface area contributed by atoms with Gasteiger partial charge >= 0.3 is 5.97 Å². The van der Waals surface area contributed by atoms with Gasteiger partial charge in [0, 0.05) is 6.42 Å². The average Bonchev–Trinajstić information content (AvgIpc) is 2.13. The molecule has 2 atom stereocenters. The first-order chi connectivity index (χ1) is 7.28. The molecular weight excluding hydrogens is 202 g/mol. The van der Waals surface area contributed by atoms with Gasteiger partial charge in [-0.25, -0.2) is 0 Å². The molecule has 3 heteroatoms. The van der Waals surface area contributed by atoms with Gasteiger partial charge in [0.25, 0.3) is 0 Å². The molecule has 0 aliphatic carbocycles. The van der Waals surface area contributed by atoms with Crippen molar-refractivity contribution in [1.82, 2.24) is 0 Å². The summed E-state index contributed by atoms with van der Waals surface area (Å²) in [5.74, 6) is 0.743. The molecule has 96 valence electrons. The molecule has 0 aliphatic heterocycles. The van der Waals surface area contributed by atoms with Crippen molar-refractivity contribution in [1.29, 1.82) is 0 Å². The lowest BCUT2D eigenvalue weighted by Gasteiger charge is -2.22. The van der Waals surface area contributed by atoms with E-state index in [4.69, 9.17) is 10.5 Å². The van der Waals surface area contributed by atoms with Crippen molar-refractivity contribution >= 4 is 5.97 Å². The third-order valence-electron chi connectivity index (χ3n) is 2.64. The summed E-state index contributed by atoms with van der Waals surface area (Å²) in [7, 11) is 0. The summed E-state index contributed by atoms with van der Waals surface area (Å²) in [5, 5.41) is 0. The Morgan fingerprint density at radius 1 is 1.38 bits per heavy atom. The smallest absolute Gasteiger partial charge is 0.306 e. The van der Waals surface area contributed by atoms with E-state index in [0.717, 1.165) is 12.8 Å². The molecule has 0 spiro atoms. The first kappa shape index (κ1) is 15.4. The Morgan fingerprint density at radius 2 is 1.94 bits per heavy atom. The maximum Gasteiger partial charge on any atom is 0.306 e. The minimum atomic E-state index is -0.396. The number of carbonyl (C=O) groups is 1. The predicted molar refractivity (Wildman–Crippen MR) is 67.1 cm³/mol. The molecule has 0 aromatic carbocycles. The lowest BCUT2D eigenvalue weighted by Crippen LogP contribution is -2.27. The quantitative estimate of drug-likeness (QED) is 0.712. The highest BCUT2D eigenvalue weighted by molar-refractivity contribution is 5.70. The van der Waals surface area contributed by atoms with E-state index in [2.05, 4.69) is 13.8 Å². The number of hydrogen-bond donors (Lipinski definition) is 1. The highest BCUT2D eigenvalue weighted by Gasteiger charge is 2.20. The molecule has 0 aromatic rings. The Balaban J connectivity index is 4.07. The number of carbonyl (C=O) groups excluding carboxylic acids is 1. The molecule has 0 fully saturated rings. The maximum atomic E-state index is 11.6. The Morgan fingerprint density at radius 3 is 2.31 bits per heavy atom. The van der Waals surface area contributed by atoms with Crippen LogP contribution in [0.25, 0.3) is 0 Å². The second-order valence-electron chi connectivity index (χ2n) is 5.64. The fraction of sp³-hybridized carbons (Fsp3) is 0.923. The van der Waals surface area contributed by atoms with Crippen molar-refractivity contribution in [2.45, 2.75) is 59.5 Å². The van der Waals surface area contributed by atoms with E-state index in [1.54, 1.807) is 0 Å². The van der Waals surface area contributed by atoms with E-state index in [0.29, 0.717) is 18.9 Å². The lowest BCUT2D eigenvalue weighted by atomic mass is 9.91. The van der Waals surface area contributed by atoms with Crippen molar-refractivity contribution in [2.24, 2.45) is 17.6 Å². The summed E-state index contributed by atoms with van der Waals surface area (Å²) in [6.45, 7) is 10.6. The van der Waals surface area contributed by atoms with E-state index in [-0.39, 0.29) is 11.9 Å². The van der Waals surface area contributed by atoms with Gasteiger partial charge in [0.1, 0.15) is 5.60 Å². The van der Waals surface area contributed by atoms with Crippen LogP contribution in [0.3, 0.4) is 0 Å². The van der Waals surface area contributed by atoms with Gasteiger partial charge in [0.2, 0.25) is 0 Å². The monoisotopic (exact) mass is 229 g/mol. The molecule has 0 saturated heterocycles. The summed E-state index contributed by atoms with van der Waals surface area (Å²) in [6, 6.07) is 0. The number of hydrogen-bond acceptors (Lipinski definition) is 3. The molecule has 0 rings (SSSR count). The van der Waals surface area contributed by atoms with Crippen molar-refractivity contribution < 1.29 is 9.53 Å². The number of esters is 1. The third kappa shape index (κ3) is 7.69. The lowest BCUT2D eigenvalue weighted by molar-refractivity contribution is -0.156. The first-order valence-corrected chi connectivity index (χ1v) is 6.20. The Labute approximate surface area is 99.7 Å². The van der Waals surface area contributed by atoms with Crippen molar-refractivity contribution in [3.05, 3.63) is 0 Å². The van der Waals surface area contributed by atoms with E-state index in [9.17, 15) is 4.79 Å². The third-order valence-corrected chi connectivity index (χ3v) is 2.64. The Hall–Kier alpha value is -0.570. The SMILES string of the molecule is CC[C@@H](C)C[C@H](CN)CC(=O)OC(C)(C)C. The van der Waals surface area contributed by atoms with Crippen molar-refractivity contribution in [3.63, 3.8) is 0 Å². The predicted octanol–water partition coefficient (Wildman–Crippen LogP) is 2.73. The summed E-state index contributed by atoms with van der Waals surface area (Å²) in [6.07, 6.45) is 2.58. The molecule has 3 nitrogen and oxygen atoms in total. The molecule has 0 amide bonds. The molecule has 16 heavy (non-hydrogen) atoms. The van der Waals surface area contributed by atoms with Crippen LogP contribution in [0.15, 0.2) is 0 Å². The molecule has 0 unspecified atom stereocenters. The van der Waals surface area contributed by atoms with Crippen LogP contribution in [0.4, 0.5) is 0 Å². The normalized spacial score (nSPS) is 15.6. The largest absolute Gasteiger partial charge is 0.460 e. The summed E-state index contributed by atoms with van der Waals surface area (Å²) in [4.78, 5) is 11.6. The van der Waals surface area contributed by atoms with Gasteiger partial charge in [-0.1, -0.05) is 20.3 Å². The molecule has 2 N–H and O–H groups in total. The summed E-state index contributed by atoms with van der Waals surface area (Å²) >= 11 is 0. The zero-order valence-electron chi connectivity index (χ0n) is 11.4. The average molecular weight is 229 g/mol. The molecule has 0 radical (unpaired) electrons. The molecule has 0 aliphatic rings. The Bertz CT molecular complexity index is 208. The number of rotatable bonds is 6. The topological polar surface area (TPSA) is 52.3 Å². The van der Waals surface area contributed by atoms with Gasteiger partial charge in [-0.05, 0) is 45.6 Å². The minimum Gasteiger partial charge on any atom is -0.460 e. The van der Waals surface area contributed by atoms with Gasteiger partial charge < -0.3 is 10.5 Å². The molecule has 0 aromatic heterocycles. The fourth-order valence-electron chi connectivity index (χ4n) is 1.62. The van der Waals surface area contributed by atoms with Gasteiger partial charge in [0.05, 0.1) is 0 Å². The van der Waals surface area contributed by atoms with Crippen LogP contribution < -0.4 is 5.73 Å². The van der Waals surface area contributed by atoms with Gasteiger partial charge in [-0.2, -0.15) is 0 Å². The van der Waals surface area contributed by atoms with Crippen molar-refractivity contribution in [3.8, 4) is 0 Å². The highest BCUT2D eigenvalue weighted by Crippen LogP contribution is 2.19. The van der Waals surface area contributed by atoms with Crippen LogP contribution in [-0.4, -0.2) is 18.1 Å². The highest BCUT2D eigenvalue weighted by atomic mass is 16.6. The van der Waals surface area contributed by atoms with Crippen LogP contribution >= 0.6 is 0 Å². The zero-order valence-corrected chi connectivity index (χ0v) is 11.4. The van der Waals surface area contributed by atoms with E-state index >= 15 is 0 Å². The summed E-state index contributed by atoms with van der Waals surface area (Å²) < 4.78 is 5.29. The standard InChI is InChI=1S/C13H27NO2/c1-6-10(2)7-11(9-14)8-12(15)16-13(3,4)5/h10-11H,6-9,14H2,1-5H3/t10-,11+/m1/s1. The van der Waals surface area contributed by atoms with Gasteiger partial charge in [-0.15, -0.1) is 0 Å². The van der Waals surface area contributed by atoms with Crippen molar-refractivity contribution in [2.75, 3.05) is 6.54 Å². The minimum absolute atomic E-state index is 0.133. The maximum absolute atomic E-state index is 11.6. The van der Waals surface area contributed by atoms with E-state index in [1.807, 2.05) is 20.8 Å². The van der Waals surface area contributed by atoms with Gasteiger partial charge in [-0.3, -0.25) is 4.79 Å². The van der Waals surface area contributed by atoms with Crippen LogP contribution in [0.1, 0.15) is 53.9 Å². The second-order valence-corrected chi connectivity index (χ2v) is 5.64. The van der Waals surface area contributed by atoms with E-state index < -0.39 is 5.60 Å². The number of ether oxygens (including phenoxy) is 1. The molecular formula is C13H27NO2. The molecule has 0 heterocycles. The van der Waals surface area contributed by atoms with Crippen LogP contribution in [-0.2, 0) is 9.53 Å². The van der Waals surface area contributed by atoms with Crippen LogP contribution in [0.5, 0.6) is 0 Å². The van der Waals surface area contributed by atoms with Crippen LogP contribution in [0.2, 0.25) is 0 Å². The zero-order chi connectivity index (χ0) is 12.8. The van der Waals surface area contributed by atoms with Crippen LogP contribution in [0, 0.1) is 11.8 Å². The Kier molecular flexibility index (Phi) is 6.65. The molecule has 0 bridgehead atoms.